The van der Waals surface area contributed by atoms with Gasteiger partial charge in [0.25, 0.3) is 0 Å². The number of hydrogen-bond donors (Lipinski definition) is 0. The molecule has 0 aliphatic heterocycles. The predicted octanol–water partition coefficient (Wildman–Crippen LogP) is -4.06. The first-order valence-electron chi connectivity index (χ1n) is 7.47. The van der Waals surface area contributed by atoms with Crippen LogP contribution in [0.2, 0.25) is 17.6 Å². The van der Waals surface area contributed by atoms with Crippen LogP contribution in [-0.2, 0) is 20.4 Å². The van der Waals surface area contributed by atoms with E-state index in [9.17, 15) is 0 Å². The molecule has 0 saturated carbocycles. The van der Waals surface area contributed by atoms with E-state index in [-0.39, 0.29) is 42.3 Å². The Morgan fingerprint density at radius 3 is 1.78 bits per heavy atom. The molecule has 1 aliphatic carbocycles. The minimum absolute atomic E-state index is 0. The second-order valence-electron chi connectivity index (χ2n) is 6.43. The van der Waals surface area contributed by atoms with Crippen LogP contribution in [0.3, 0.4) is 0 Å². The van der Waals surface area contributed by atoms with Gasteiger partial charge in [-0.25, -0.2) is 0 Å². The van der Waals surface area contributed by atoms with Gasteiger partial charge in [-0.05, 0) is 0 Å². The fourth-order valence-electron chi connectivity index (χ4n) is 3.75. The van der Waals surface area contributed by atoms with Gasteiger partial charge in [0, 0.05) is 0 Å². The Morgan fingerprint density at radius 2 is 1.43 bits per heavy atom. The summed E-state index contributed by atoms with van der Waals surface area (Å²) in [7, 11) is -1.62. The summed E-state index contributed by atoms with van der Waals surface area (Å²) in [6.45, 7) is 14.4. The molecule has 1 aromatic carbocycles. The fourth-order valence-corrected chi connectivity index (χ4v) is 10.0. The van der Waals surface area contributed by atoms with Crippen LogP contribution in [0.5, 0.6) is 0 Å². The van der Waals surface area contributed by atoms with E-state index in [0.29, 0.717) is 0 Å². The normalized spacial score (nSPS) is 22.8. The SMILES string of the molecule is CC[Si](C)(c1ccccc1)C1(C)C(C)=C(C)C(C)=[C]1[Ti+3].[Cl-].[Cl-].[Cl-]. The zero-order valence-electron chi connectivity index (χ0n) is 14.7. The smallest absolute Gasteiger partial charge is 1.00 e. The second kappa shape index (κ2) is 9.27. The molecule has 0 nitrogen and oxygen atoms in total. The monoisotopic (exact) mass is 422 g/mol. The largest absolute Gasteiger partial charge is 1.00 e. The van der Waals surface area contributed by atoms with E-state index in [1.807, 2.05) is 0 Å². The van der Waals surface area contributed by atoms with E-state index in [0.717, 1.165) is 0 Å². The van der Waals surface area contributed by atoms with Crippen molar-refractivity contribution >= 4 is 13.3 Å². The average Bonchev–Trinajstić information content (AvgIpc) is 2.64. The molecule has 0 fully saturated rings. The third-order valence-electron chi connectivity index (χ3n) is 5.97. The van der Waals surface area contributed by atoms with E-state index in [1.54, 1.807) is 14.6 Å². The summed E-state index contributed by atoms with van der Waals surface area (Å²) in [4.78, 5) is 0. The molecule has 5 heteroatoms. The summed E-state index contributed by atoms with van der Waals surface area (Å²) in [5.74, 6) is 0. The number of allylic oxidation sites excluding steroid dienone is 4. The molecule has 2 atom stereocenters. The molecule has 0 radical (unpaired) electrons. The molecule has 2 unspecified atom stereocenters. The summed E-state index contributed by atoms with van der Waals surface area (Å²) < 4.78 is 1.60. The van der Waals surface area contributed by atoms with Gasteiger partial charge in [0.05, 0.1) is 0 Å². The number of benzene rings is 1. The first-order chi connectivity index (χ1) is 9.30. The maximum Gasteiger partial charge on any atom is -1.00 e. The van der Waals surface area contributed by atoms with E-state index in [2.05, 4.69) is 91.9 Å². The van der Waals surface area contributed by atoms with Crippen molar-refractivity contribution in [3.05, 3.63) is 50.9 Å². The first-order valence-corrected chi connectivity index (χ1v) is 11.0. The van der Waals surface area contributed by atoms with E-state index in [1.165, 1.54) is 17.2 Å². The van der Waals surface area contributed by atoms with Gasteiger partial charge in [0.15, 0.2) is 0 Å². The Morgan fingerprint density at radius 1 is 0.957 bits per heavy atom. The van der Waals surface area contributed by atoms with Crippen molar-refractivity contribution in [3.8, 4) is 0 Å². The first kappa shape index (κ1) is 25.7. The Labute approximate surface area is 173 Å². The zero-order chi connectivity index (χ0) is 15.1. The van der Waals surface area contributed by atoms with Crippen molar-refractivity contribution in [2.24, 2.45) is 0 Å². The van der Waals surface area contributed by atoms with Crippen molar-refractivity contribution in [3.63, 3.8) is 0 Å². The Balaban J connectivity index is 0. The Kier molecular flexibility index (Phi) is 10.4. The molecule has 0 amide bonds. The molecule has 1 aliphatic rings. The molecule has 0 spiro atoms. The van der Waals surface area contributed by atoms with Crippen molar-refractivity contribution in [1.82, 2.24) is 0 Å². The summed E-state index contributed by atoms with van der Waals surface area (Å²) in [5, 5.41) is 1.85. The van der Waals surface area contributed by atoms with Crippen molar-refractivity contribution in [1.29, 1.82) is 0 Å². The van der Waals surface area contributed by atoms with E-state index < -0.39 is 8.07 Å². The zero-order valence-corrected chi connectivity index (χ0v) is 19.6. The van der Waals surface area contributed by atoms with Gasteiger partial charge in [-0.2, -0.15) is 0 Å². The van der Waals surface area contributed by atoms with Crippen LogP contribution in [0.4, 0.5) is 0 Å². The third kappa shape index (κ3) is 3.71. The summed E-state index contributed by atoms with van der Waals surface area (Å²) in [6.07, 6.45) is 0. The molecule has 0 heterocycles. The summed E-state index contributed by atoms with van der Waals surface area (Å²) in [6, 6.07) is 12.5. The minimum Gasteiger partial charge on any atom is -1.00 e. The number of halogens is 3. The van der Waals surface area contributed by atoms with Gasteiger partial charge in [0.2, 0.25) is 0 Å². The van der Waals surface area contributed by atoms with Crippen molar-refractivity contribution < 1.29 is 57.7 Å². The van der Waals surface area contributed by atoms with Crippen LogP contribution in [0.15, 0.2) is 50.9 Å². The van der Waals surface area contributed by atoms with Gasteiger partial charge in [-0.1, -0.05) is 0 Å². The van der Waals surface area contributed by atoms with Crippen LogP contribution in [0, 0.1) is 0 Å². The van der Waals surface area contributed by atoms with E-state index >= 15 is 0 Å². The van der Waals surface area contributed by atoms with Crippen molar-refractivity contribution in [2.45, 2.75) is 52.2 Å². The Hall–Kier alpha value is 0.501. The topological polar surface area (TPSA) is 0 Å². The molecule has 0 saturated heterocycles. The van der Waals surface area contributed by atoms with Crippen LogP contribution in [0.1, 0.15) is 34.6 Å². The maximum atomic E-state index is 2.57. The molecule has 126 valence electrons. The van der Waals surface area contributed by atoms with Crippen LogP contribution >= 0.6 is 0 Å². The molecule has 0 aromatic heterocycles. The van der Waals surface area contributed by atoms with E-state index in [4.69, 9.17) is 0 Å². The van der Waals surface area contributed by atoms with Crippen LogP contribution in [-0.4, -0.2) is 8.07 Å². The molecule has 0 bridgehead atoms. The molecular formula is C18H25Cl3SiTi. The summed E-state index contributed by atoms with van der Waals surface area (Å²) >= 11 is 2.36. The standard InChI is InChI=1S/C18H25Si.3ClH.Ti/c1-7-19(6,17-11-9-8-10-12-17)18(5)13-14(2)15(3)16(18)4;;;;/h8-12H,7H2,1-6H3;3*1H;/q;;;;+3/p-3. The number of hydrogen-bond acceptors (Lipinski definition) is 0. The minimum atomic E-state index is -1.62. The third-order valence-corrected chi connectivity index (χ3v) is 13.6. The molecule has 1 aromatic rings. The average molecular weight is 424 g/mol. The molecule has 23 heavy (non-hydrogen) atoms. The molecular weight excluding hydrogens is 399 g/mol. The van der Waals surface area contributed by atoms with Gasteiger partial charge >= 0.3 is 137 Å². The van der Waals surface area contributed by atoms with Gasteiger partial charge in [-0.15, -0.1) is 0 Å². The fraction of sp³-hybridized carbons (Fsp3) is 0.444. The molecule has 0 N–H and O–H groups in total. The predicted molar refractivity (Wildman–Crippen MR) is 87.6 cm³/mol. The summed E-state index contributed by atoms with van der Waals surface area (Å²) in [5.41, 5.74) is 4.65. The molecule has 2 rings (SSSR count). The van der Waals surface area contributed by atoms with Crippen LogP contribution < -0.4 is 42.4 Å². The second-order valence-corrected chi connectivity index (χ2v) is 12.2. The van der Waals surface area contributed by atoms with Crippen molar-refractivity contribution in [2.75, 3.05) is 0 Å². The number of rotatable bonds is 3. The van der Waals surface area contributed by atoms with Crippen LogP contribution in [0.25, 0.3) is 0 Å². The Bertz CT molecular complexity index is 572. The van der Waals surface area contributed by atoms with Gasteiger partial charge in [0.1, 0.15) is 0 Å². The van der Waals surface area contributed by atoms with Gasteiger partial charge in [-0.3, -0.25) is 0 Å². The quantitative estimate of drug-likeness (QED) is 0.434. The van der Waals surface area contributed by atoms with Gasteiger partial charge < -0.3 is 37.2 Å². The maximum absolute atomic E-state index is 2.57.